The average molecular weight is 248 g/mol. The molecule has 0 spiro atoms. The van der Waals surface area contributed by atoms with Gasteiger partial charge in [-0.25, -0.2) is 0 Å². The maximum absolute atomic E-state index is 11.2. The van der Waals surface area contributed by atoms with Crippen LogP contribution in [-0.4, -0.2) is 29.4 Å². The van der Waals surface area contributed by atoms with Gasteiger partial charge in [0.05, 0.1) is 0 Å². The SMILES string of the molecule is NC(=O)c1ccc(/C=C/C(=O)NCC(=O)O)cc1. The van der Waals surface area contributed by atoms with Gasteiger partial charge in [0.1, 0.15) is 6.54 Å². The van der Waals surface area contributed by atoms with Crippen molar-refractivity contribution in [1.29, 1.82) is 0 Å². The van der Waals surface area contributed by atoms with Crippen molar-refractivity contribution in [2.45, 2.75) is 0 Å². The van der Waals surface area contributed by atoms with Crippen molar-refractivity contribution in [2.75, 3.05) is 6.54 Å². The van der Waals surface area contributed by atoms with Crippen molar-refractivity contribution in [3.8, 4) is 0 Å². The van der Waals surface area contributed by atoms with E-state index in [2.05, 4.69) is 5.32 Å². The summed E-state index contributed by atoms with van der Waals surface area (Å²) in [7, 11) is 0. The Hall–Kier alpha value is -2.63. The standard InChI is InChI=1S/C12H12N2O4/c13-12(18)9-4-1-8(2-5-9)3-6-10(15)14-7-11(16)17/h1-6H,7H2,(H2,13,18)(H,14,15)(H,16,17)/b6-3+. The molecule has 0 radical (unpaired) electrons. The summed E-state index contributed by atoms with van der Waals surface area (Å²) in [6.07, 6.45) is 2.71. The first-order chi connectivity index (χ1) is 8.49. The van der Waals surface area contributed by atoms with Crippen molar-refractivity contribution in [1.82, 2.24) is 5.32 Å². The number of benzene rings is 1. The molecule has 0 aromatic heterocycles. The molecular formula is C12H12N2O4. The highest BCUT2D eigenvalue weighted by Gasteiger charge is 2.00. The minimum absolute atomic E-state index is 0.377. The van der Waals surface area contributed by atoms with Gasteiger partial charge in [0.15, 0.2) is 0 Å². The van der Waals surface area contributed by atoms with E-state index in [0.717, 1.165) is 0 Å². The van der Waals surface area contributed by atoms with Gasteiger partial charge < -0.3 is 16.2 Å². The smallest absolute Gasteiger partial charge is 0.322 e. The van der Waals surface area contributed by atoms with E-state index in [1.54, 1.807) is 12.1 Å². The molecule has 0 aliphatic carbocycles. The lowest BCUT2D eigenvalue weighted by Crippen LogP contribution is -2.27. The topological polar surface area (TPSA) is 109 Å². The zero-order chi connectivity index (χ0) is 13.5. The third-order valence-corrected chi connectivity index (χ3v) is 2.04. The third kappa shape index (κ3) is 4.48. The number of hydrogen-bond acceptors (Lipinski definition) is 3. The molecule has 0 saturated carbocycles. The van der Waals surface area contributed by atoms with Crippen molar-refractivity contribution < 1.29 is 19.5 Å². The van der Waals surface area contributed by atoms with E-state index < -0.39 is 24.3 Å². The van der Waals surface area contributed by atoms with Crippen LogP contribution in [0, 0.1) is 0 Å². The van der Waals surface area contributed by atoms with Crippen LogP contribution in [0.25, 0.3) is 6.08 Å². The van der Waals surface area contributed by atoms with E-state index in [1.165, 1.54) is 24.3 Å². The first kappa shape index (κ1) is 13.4. The minimum Gasteiger partial charge on any atom is -0.480 e. The molecule has 0 bridgehead atoms. The molecule has 4 N–H and O–H groups in total. The fourth-order valence-corrected chi connectivity index (χ4v) is 1.15. The van der Waals surface area contributed by atoms with Crippen molar-refractivity contribution >= 4 is 23.9 Å². The summed E-state index contributed by atoms with van der Waals surface area (Å²) in [6.45, 7) is -0.427. The Morgan fingerprint density at radius 3 is 2.33 bits per heavy atom. The fourth-order valence-electron chi connectivity index (χ4n) is 1.15. The van der Waals surface area contributed by atoms with Crippen LogP contribution in [0.15, 0.2) is 30.3 Å². The van der Waals surface area contributed by atoms with Gasteiger partial charge >= 0.3 is 5.97 Å². The van der Waals surface area contributed by atoms with Gasteiger partial charge in [-0.1, -0.05) is 12.1 Å². The second-order valence-electron chi connectivity index (χ2n) is 3.43. The molecule has 0 aliphatic rings. The highest BCUT2D eigenvalue weighted by molar-refractivity contribution is 5.94. The van der Waals surface area contributed by atoms with Crippen LogP contribution >= 0.6 is 0 Å². The molecule has 1 rings (SSSR count). The van der Waals surface area contributed by atoms with Crippen LogP contribution < -0.4 is 11.1 Å². The van der Waals surface area contributed by atoms with Crippen LogP contribution in [0.3, 0.4) is 0 Å². The third-order valence-electron chi connectivity index (χ3n) is 2.04. The number of rotatable bonds is 5. The number of carbonyl (C=O) groups is 3. The van der Waals surface area contributed by atoms with Gasteiger partial charge in [0.25, 0.3) is 0 Å². The number of primary amides is 1. The molecule has 6 nitrogen and oxygen atoms in total. The largest absolute Gasteiger partial charge is 0.480 e. The molecule has 0 atom stereocenters. The lowest BCUT2D eigenvalue weighted by Gasteiger charge is -1.98. The molecule has 0 heterocycles. The number of carboxylic acids is 1. The van der Waals surface area contributed by atoms with Gasteiger partial charge in [-0.2, -0.15) is 0 Å². The summed E-state index contributed by atoms with van der Waals surface area (Å²) in [5.41, 5.74) is 6.15. The van der Waals surface area contributed by atoms with Crippen LogP contribution in [0.1, 0.15) is 15.9 Å². The van der Waals surface area contributed by atoms with Crippen LogP contribution in [0.2, 0.25) is 0 Å². The number of hydrogen-bond donors (Lipinski definition) is 3. The maximum Gasteiger partial charge on any atom is 0.322 e. The normalized spacial score (nSPS) is 10.2. The molecule has 94 valence electrons. The molecule has 0 fully saturated rings. The second-order valence-corrected chi connectivity index (χ2v) is 3.43. The molecule has 1 aromatic rings. The zero-order valence-corrected chi connectivity index (χ0v) is 9.42. The highest BCUT2D eigenvalue weighted by atomic mass is 16.4. The number of nitrogens with one attached hydrogen (secondary N) is 1. The van der Waals surface area contributed by atoms with Gasteiger partial charge in [-0.05, 0) is 23.8 Å². The molecule has 0 unspecified atom stereocenters. The lowest BCUT2D eigenvalue weighted by molar-refractivity contribution is -0.137. The Kier molecular flexibility index (Phi) is 4.62. The van der Waals surface area contributed by atoms with Crippen LogP contribution in [0.4, 0.5) is 0 Å². The molecule has 0 aliphatic heterocycles. The summed E-state index contributed by atoms with van der Waals surface area (Å²) < 4.78 is 0. The predicted octanol–water partition coefficient (Wildman–Crippen LogP) is -0.000500. The van der Waals surface area contributed by atoms with Crippen LogP contribution in [-0.2, 0) is 9.59 Å². The van der Waals surface area contributed by atoms with Gasteiger partial charge in [0, 0.05) is 11.6 Å². The number of amides is 2. The highest BCUT2D eigenvalue weighted by Crippen LogP contribution is 2.05. The Morgan fingerprint density at radius 2 is 1.83 bits per heavy atom. The van der Waals surface area contributed by atoms with E-state index in [9.17, 15) is 14.4 Å². The Bertz CT molecular complexity index is 491. The molecular weight excluding hydrogens is 236 g/mol. The van der Waals surface area contributed by atoms with Crippen molar-refractivity contribution in [2.24, 2.45) is 5.73 Å². The minimum atomic E-state index is -1.11. The van der Waals surface area contributed by atoms with Gasteiger partial charge in [0.2, 0.25) is 11.8 Å². The van der Waals surface area contributed by atoms with Crippen LogP contribution in [0.5, 0.6) is 0 Å². The van der Waals surface area contributed by atoms with E-state index in [-0.39, 0.29) is 0 Å². The Balaban J connectivity index is 2.58. The summed E-state index contributed by atoms with van der Waals surface area (Å²) >= 11 is 0. The lowest BCUT2D eigenvalue weighted by atomic mass is 10.1. The Morgan fingerprint density at radius 1 is 1.22 bits per heavy atom. The molecule has 1 aromatic carbocycles. The fraction of sp³-hybridized carbons (Fsp3) is 0.0833. The summed E-state index contributed by atoms with van der Waals surface area (Å²) in [5, 5.41) is 10.5. The summed E-state index contributed by atoms with van der Waals surface area (Å²) in [4.78, 5) is 32.2. The molecule has 0 saturated heterocycles. The monoisotopic (exact) mass is 248 g/mol. The Labute approximate surface area is 103 Å². The van der Waals surface area contributed by atoms with Gasteiger partial charge in [-0.3, -0.25) is 14.4 Å². The summed E-state index contributed by atoms with van der Waals surface area (Å²) in [6, 6.07) is 6.33. The number of carbonyl (C=O) groups excluding carboxylic acids is 2. The number of nitrogens with two attached hydrogens (primary N) is 1. The maximum atomic E-state index is 11.2. The summed E-state index contributed by atoms with van der Waals surface area (Å²) in [5.74, 6) is -2.14. The molecule has 18 heavy (non-hydrogen) atoms. The number of aliphatic carboxylic acids is 1. The van der Waals surface area contributed by atoms with Crippen molar-refractivity contribution in [3.05, 3.63) is 41.5 Å². The van der Waals surface area contributed by atoms with E-state index in [1.807, 2.05) is 0 Å². The van der Waals surface area contributed by atoms with E-state index in [0.29, 0.717) is 11.1 Å². The quantitative estimate of drug-likeness (QED) is 0.637. The molecule has 2 amide bonds. The van der Waals surface area contributed by atoms with Gasteiger partial charge in [-0.15, -0.1) is 0 Å². The van der Waals surface area contributed by atoms with E-state index in [4.69, 9.17) is 10.8 Å². The molecule has 6 heteroatoms. The second kappa shape index (κ2) is 6.19. The predicted molar refractivity (Wildman–Crippen MR) is 64.6 cm³/mol. The van der Waals surface area contributed by atoms with Crippen molar-refractivity contribution in [3.63, 3.8) is 0 Å². The average Bonchev–Trinajstić information content (AvgIpc) is 2.34. The zero-order valence-electron chi connectivity index (χ0n) is 9.42. The first-order valence-corrected chi connectivity index (χ1v) is 5.06. The van der Waals surface area contributed by atoms with E-state index >= 15 is 0 Å². The number of carboxylic acid groups (broad SMARTS) is 1. The first-order valence-electron chi connectivity index (χ1n) is 5.06.